The average Bonchev–Trinajstić information content (AvgIpc) is 2.41. The number of nitrogens with one attached hydrogen (secondary N) is 1. The van der Waals surface area contributed by atoms with Crippen LogP contribution in [0, 0.1) is 5.82 Å². The van der Waals surface area contributed by atoms with Gasteiger partial charge in [-0.1, -0.05) is 12.1 Å². The van der Waals surface area contributed by atoms with Crippen LogP contribution < -0.4 is 5.32 Å². The molecule has 2 rings (SSSR count). The van der Waals surface area contributed by atoms with E-state index >= 15 is 0 Å². The first-order valence-corrected chi connectivity index (χ1v) is 5.78. The first-order chi connectivity index (χ1) is 9.15. The number of halogens is 1. The largest absolute Gasteiger partial charge is 0.478 e. The van der Waals surface area contributed by atoms with E-state index in [1.54, 1.807) is 18.2 Å². The highest BCUT2D eigenvalue weighted by Crippen LogP contribution is 2.03. The Morgan fingerprint density at radius 2 is 1.89 bits per heavy atom. The molecule has 0 aliphatic heterocycles. The normalized spacial score (nSPS) is 10.4. The Hall–Kier alpha value is -2.27. The minimum atomic E-state index is -0.988. The average molecular weight is 260 g/mol. The summed E-state index contributed by atoms with van der Waals surface area (Å²) < 4.78 is 12.7. The predicted molar refractivity (Wildman–Crippen MR) is 68.1 cm³/mol. The lowest BCUT2D eigenvalue weighted by molar-refractivity contribution is 0.0696. The van der Waals surface area contributed by atoms with Gasteiger partial charge in [0.2, 0.25) is 0 Å². The zero-order valence-electron chi connectivity index (χ0n) is 10.1. The number of hydrogen-bond donors (Lipinski definition) is 2. The molecule has 0 bridgehead atoms. The molecule has 0 saturated carbocycles. The Morgan fingerprint density at radius 3 is 2.47 bits per heavy atom. The number of carboxylic acids is 1. The molecule has 0 amide bonds. The van der Waals surface area contributed by atoms with Crippen molar-refractivity contribution in [3.8, 4) is 0 Å². The molecule has 0 atom stereocenters. The smallest absolute Gasteiger partial charge is 0.337 e. The fraction of sp³-hybridized carbons (Fsp3) is 0.143. The number of nitrogens with zero attached hydrogens (tertiary/aromatic N) is 1. The van der Waals surface area contributed by atoms with Crippen molar-refractivity contribution in [3.63, 3.8) is 0 Å². The molecule has 1 aromatic heterocycles. The minimum absolute atomic E-state index is 0.169. The van der Waals surface area contributed by atoms with Crippen LogP contribution in [-0.2, 0) is 13.1 Å². The maximum Gasteiger partial charge on any atom is 0.337 e. The van der Waals surface area contributed by atoms with E-state index in [0.717, 1.165) is 11.3 Å². The summed E-state index contributed by atoms with van der Waals surface area (Å²) in [6.45, 7) is 1.12. The van der Waals surface area contributed by atoms with Crippen molar-refractivity contribution in [2.45, 2.75) is 13.1 Å². The number of rotatable bonds is 5. The second-order valence-corrected chi connectivity index (χ2v) is 4.07. The third-order valence-electron chi connectivity index (χ3n) is 2.62. The number of aromatic nitrogens is 1. The highest BCUT2D eigenvalue weighted by atomic mass is 19.1. The SMILES string of the molecule is O=C(O)c1ccc(CNCc2ccc(F)cc2)nc1. The molecule has 0 radical (unpaired) electrons. The second kappa shape index (κ2) is 6.06. The number of benzene rings is 1. The van der Waals surface area contributed by atoms with E-state index in [1.807, 2.05) is 0 Å². The fourth-order valence-corrected chi connectivity index (χ4v) is 1.59. The molecular weight excluding hydrogens is 247 g/mol. The number of carbonyl (C=O) groups is 1. The molecule has 1 heterocycles. The van der Waals surface area contributed by atoms with Crippen molar-refractivity contribution in [2.75, 3.05) is 0 Å². The summed E-state index contributed by atoms with van der Waals surface area (Å²) >= 11 is 0. The third kappa shape index (κ3) is 3.86. The summed E-state index contributed by atoms with van der Waals surface area (Å²) in [5.74, 6) is -1.24. The molecule has 0 saturated heterocycles. The molecule has 0 spiro atoms. The van der Waals surface area contributed by atoms with Crippen LogP contribution in [0.3, 0.4) is 0 Å². The van der Waals surface area contributed by atoms with Crippen LogP contribution in [0.5, 0.6) is 0 Å². The van der Waals surface area contributed by atoms with Crippen LogP contribution in [0.25, 0.3) is 0 Å². The standard InChI is InChI=1S/C14H13FN2O2/c15-12-4-1-10(2-5-12)7-16-9-13-6-3-11(8-17-13)14(18)19/h1-6,8,16H,7,9H2,(H,18,19). The van der Waals surface area contributed by atoms with Crippen LogP contribution in [0.4, 0.5) is 4.39 Å². The van der Waals surface area contributed by atoms with Crippen molar-refractivity contribution >= 4 is 5.97 Å². The Bertz CT molecular complexity index is 553. The van der Waals surface area contributed by atoms with Gasteiger partial charge in [0.05, 0.1) is 11.3 Å². The second-order valence-electron chi connectivity index (χ2n) is 4.07. The number of carboxylic acid groups (broad SMARTS) is 1. The van der Waals surface area contributed by atoms with Crippen LogP contribution in [0.1, 0.15) is 21.6 Å². The minimum Gasteiger partial charge on any atom is -0.478 e. The van der Waals surface area contributed by atoms with Crippen molar-refractivity contribution < 1.29 is 14.3 Å². The summed E-state index contributed by atoms with van der Waals surface area (Å²) in [5.41, 5.74) is 1.90. The zero-order valence-corrected chi connectivity index (χ0v) is 10.1. The third-order valence-corrected chi connectivity index (χ3v) is 2.62. The van der Waals surface area contributed by atoms with Gasteiger partial charge in [-0.05, 0) is 29.8 Å². The van der Waals surface area contributed by atoms with Gasteiger partial charge in [-0.2, -0.15) is 0 Å². The van der Waals surface area contributed by atoms with E-state index in [4.69, 9.17) is 5.11 Å². The van der Waals surface area contributed by atoms with E-state index < -0.39 is 5.97 Å². The van der Waals surface area contributed by atoms with Gasteiger partial charge in [-0.3, -0.25) is 4.98 Å². The molecule has 4 nitrogen and oxygen atoms in total. The van der Waals surface area contributed by atoms with Crippen molar-refractivity contribution in [1.82, 2.24) is 10.3 Å². The van der Waals surface area contributed by atoms with Crippen molar-refractivity contribution in [3.05, 3.63) is 65.2 Å². The molecule has 0 unspecified atom stereocenters. The molecule has 0 aliphatic rings. The molecule has 98 valence electrons. The number of pyridine rings is 1. The van der Waals surface area contributed by atoms with Crippen molar-refractivity contribution in [1.29, 1.82) is 0 Å². The van der Waals surface area contributed by atoms with Crippen molar-refractivity contribution in [2.24, 2.45) is 0 Å². The Morgan fingerprint density at radius 1 is 1.16 bits per heavy atom. The molecule has 2 aromatic rings. The van der Waals surface area contributed by atoms with Gasteiger partial charge < -0.3 is 10.4 Å². The summed E-state index contributed by atoms with van der Waals surface area (Å²) in [6.07, 6.45) is 1.33. The van der Waals surface area contributed by atoms with E-state index in [9.17, 15) is 9.18 Å². The maximum absolute atomic E-state index is 12.7. The summed E-state index contributed by atoms with van der Waals surface area (Å²) in [4.78, 5) is 14.7. The lowest BCUT2D eigenvalue weighted by atomic mass is 10.2. The topological polar surface area (TPSA) is 62.2 Å². The Kier molecular flexibility index (Phi) is 4.20. The number of hydrogen-bond acceptors (Lipinski definition) is 3. The molecule has 0 aliphatic carbocycles. The predicted octanol–water partition coefficient (Wildman–Crippen LogP) is 2.21. The maximum atomic E-state index is 12.7. The quantitative estimate of drug-likeness (QED) is 0.865. The Balaban J connectivity index is 1.85. The molecular formula is C14H13FN2O2. The lowest BCUT2D eigenvalue weighted by Gasteiger charge is -2.05. The van der Waals surface area contributed by atoms with E-state index in [2.05, 4.69) is 10.3 Å². The van der Waals surface area contributed by atoms with Crippen LogP contribution in [0.15, 0.2) is 42.6 Å². The molecule has 1 aromatic carbocycles. The highest BCUT2D eigenvalue weighted by Gasteiger charge is 2.02. The van der Waals surface area contributed by atoms with Gasteiger partial charge in [-0.15, -0.1) is 0 Å². The summed E-state index contributed by atoms with van der Waals surface area (Å²) in [7, 11) is 0. The van der Waals surface area contributed by atoms with Gasteiger partial charge in [0, 0.05) is 19.3 Å². The first kappa shape index (κ1) is 13.2. The van der Waals surface area contributed by atoms with Gasteiger partial charge in [0.25, 0.3) is 0 Å². The summed E-state index contributed by atoms with van der Waals surface area (Å²) in [5, 5.41) is 11.9. The van der Waals surface area contributed by atoms with E-state index in [-0.39, 0.29) is 11.4 Å². The monoisotopic (exact) mass is 260 g/mol. The van der Waals surface area contributed by atoms with Crippen LogP contribution in [0.2, 0.25) is 0 Å². The van der Waals surface area contributed by atoms with Gasteiger partial charge in [0.15, 0.2) is 0 Å². The Labute approximate surface area is 109 Å². The molecule has 0 fully saturated rings. The lowest BCUT2D eigenvalue weighted by Crippen LogP contribution is -2.14. The van der Waals surface area contributed by atoms with E-state index in [1.165, 1.54) is 24.4 Å². The fourth-order valence-electron chi connectivity index (χ4n) is 1.59. The zero-order chi connectivity index (χ0) is 13.7. The number of aromatic carboxylic acids is 1. The van der Waals surface area contributed by atoms with Crippen LogP contribution >= 0.6 is 0 Å². The van der Waals surface area contributed by atoms with Crippen LogP contribution in [-0.4, -0.2) is 16.1 Å². The molecule has 2 N–H and O–H groups in total. The molecule has 5 heteroatoms. The highest BCUT2D eigenvalue weighted by molar-refractivity contribution is 5.87. The van der Waals surface area contributed by atoms with Gasteiger partial charge in [-0.25, -0.2) is 9.18 Å². The van der Waals surface area contributed by atoms with Gasteiger partial charge in [0.1, 0.15) is 5.82 Å². The molecule has 19 heavy (non-hydrogen) atoms. The summed E-state index contributed by atoms with van der Waals surface area (Å²) in [6, 6.07) is 9.44. The van der Waals surface area contributed by atoms with Gasteiger partial charge >= 0.3 is 5.97 Å². The van der Waals surface area contributed by atoms with E-state index in [0.29, 0.717) is 13.1 Å². The first-order valence-electron chi connectivity index (χ1n) is 5.78.